The molecule has 2 aromatic carbocycles. The molecule has 122 valence electrons. The number of benzene rings is 2. The van der Waals surface area contributed by atoms with Crippen LogP contribution in [0.15, 0.2) is 60.7 Å². The van der Waals surface area contributed by atoms with Gasteiger partial charge in [0.1, 0.15) is 0 Å². The van der Waals surface area contributed by atoms with Gasteiger partial charge >= 0.3 is 0 Å². The standard InChI is InChI=1S/C20H27N2P/c21-19-13-7-8-14-20(19)22-15-16-23(17-9-3-1-4-10-17)18-11-5-2-6-12-18/h1-6,9-12,19-20,22H,7-8,13-16,21H2/t19-,20-/m1/s1. The summed E-state index contributed by atoms with van der Waals surface area (Å²) in [5.74, 6) is 0. The summed E-state index contributed by atoms with van der Waals surface area (Å²) in [6.45, 7) is 1.05. The maximum absolute atomic E-state index is 6.26. The first-order valence-electron chi connectivity index (χ1n) is 8.71. The second-order valence-corrected chi connectivity index (χ2v) is 8.67. The van der Waals surface area contributed by atoms with E-state index in [0.717, 1.165) is 6.54 Å². The topological polar surface area (TPSA) is 38.0 Å². The summed E-state index contributed by atoms with van der Waals surface area (Å²) in [7, 11) is -0.295. The van der Waals surface area contributed by atoms with E-state index >= 15 is 0 Å². The highest BCUT2D eigenvalue weighted by molar-refractivity contribution is 7.73. The first-order chi connectivity index (χ1) is 11.3. The molecule has 23 heavy (non-hydrogen) atoms. The van der Waals surface area contributed by atoms with Gasteiger partial charge in [-0.05, 0) is 44.1 Å². The van der Waals surface area contributed by atoms with E-state index in [-0.39, 0.29) is 7.92 Å². The van der Waals surface area contributed by atoms with Crippen LogP contribution in [0, 0.1) is 0 Å². The molecule has 0 aliphatic heterocycles. The zero-order valence-corrected chi connectivity index (χ0v) is 14.6. The molecule has 0 radical (unpaired) electrons. The van der Waals surface area contributed by atoms with Gasteiger partial charge in [0, 0.05) is 12.1 Å². The Balaban J connectivity index is 1.65. The van der Waals surface area contributed by atoms with Crippen LogP contribution >= 0.6 is 7.92 Å². The molecule has 0 saturated heterocycles. The Kier molecular flexibility index (Phi) is 6.21. The largest absolute Gasteiger partial charge is 0.326 e. The molecule has 1 aliphatic carbocycles. The summed E-state index contributed by atoms with van der Waals surface area (Å²) in [6.07, 6.45) is 6.18. The zero-order chi connectivity index (χ0) is 15.9. The molecule has 0 unspecified atom stereocenters. The van der Waals surface area contributed by atoms with Gasteiger partial charge in [0.2, 0.25) is 0 Å². The Morgan fingerprint density at radius 3 is 2.00 bits per heavy atom. The molecule has 3 heteroatoms. The van der Waals surface area contributed by atoms with Gasteiger partial charge in [0.15, 0.2) is 0 Å². The highest BCUT2D eigenvalue weighted by atomic mass is 31.1. The molecule has 0 heterocycles. The molecule has 0 bridgehead atoms. The van der Waals surface area contributed by atoms with Crippen molar-refractivity contribution in [3.8, 4) is 0 Å². The van der Waals surface area contributed by atoms with E-state index in [0.29, 0.717) is 12.1 Å². The monoisotopic (exact) mass is 326 g/mol. The van der Waals surface area contributed by atoms with Crippen LogP contribution in [0.1, 0.15) is 25.7 Å². The predicted octanol–water partition coefficient (Wildman–Crippen LogP) is 2.98. The lowest BCUT2D eigenvalue weighted by Gasteiger charge is -2.30. The van der Waals surface area contributed by atoms with Gasteiger partial charge in [-0.15, -0.1) is 0 Å². The van der Waals surface area contributed by atoms with Gasteiger partial charge in [-0.1, -0.05) is 73.5 Å². The summed E-state index contributed by atoms with van der Waals surface area (Å²) >= 11 is 0. The Hall–Kier alpha value is -1.21. The van der Waals surface area contributed by atoms with E-state index in [1.54, 1.807) is 0 Å². The fraction of sp³-hybridized carbons (Fsp3) is 0.400. The van der Waals surface area contributed by atoms with E-state index in [9.17, 15) is 0 Å². The smallest absolute Gasteiger partial charge is 0.0219 e. The van der Waals surface area contributed by atoms with Gasteiger partial charge in [-0.2, -0.15) is 0 Å². The minimum Gasteiger partial charge on any atom is -0.326 e. The molecular formula is C20H27N2P. The van der Waals surface area contributed by atoms with Gasteiger partial charge < -0.3 is 11.1 Å². The average molecular weight is 326 g/mol. The first-order valence-corrected chi connectivity index (χ1v) is 10.2. The van der Waals surface area contributed by atoms with Crippen molar-refractivity contribution in [2.24, 2.45) is 5.73 Å². The molecule has 2 aromatic rings. The molecule has 1 saturated carbocycles. The van der Waals surface area contributed by atoms with Crippen LogP contribution in [0.4, 0.5) is 0 Å². The van der Waals surface area contributed by atoms with Crippen LogP contribution in [0.3, 0.4) is 0 Å². The maximum atomic E-state index is 6.26. The van der Waals surface area contributed by atoms with E-state index in [1.807, 2.05) is 0 Å². The van der Waals surface area contributed by atoms with Crippen LogP contribution in [0.25, 0.3) is 0 Å². The van der Waals surface area contributed by atoms with E-state index in [2.05, 4.69) is 66.0 Å². The summed E-state index contributed by atoms with van der Waals surface area (Å²) in [5, 5.41) is 6.66. The van der Waals surface area contributed by atoms with Crippen molar-refractivity contribution in [3.63, 3.8) is 0 Å². The van der Waals surface area contributed by atoms with Gasteiger partial charge in [-0.3, -0.25) is 0 Å². The number of hydrogen-bond acceptors (Lipinski definition) is 2. The second kappa shape index (κ2) is 8.59. The van der Waals surface area contributed by atoms with E-state index in [4.69, 9.17) is 5.73 Å². The van der Waals surface area contributed by atoms with Crippen LogP contribution in [-0.2, 0) is 0 Å². The minimum absolute atomic E-state index is 0.295. The lowest BCUT2D eigenvalue weighted by molar-refractivity contribution is 0.333. The Bertz CT molecular complexity index is 533. The third-order valence-electron chi connectivity index (χ3n) is 4.70. The molecule has 2 nitrogen and oxygen atoms in total. The van der Waals surface area contributed by atoms with Crippen molar-refractivity contribution in [2.45, 2.75) is 37.8 Å². The molecule has 1 aliphatic rings. The molecule has 3 N–H and O–H groups in total. The molecule has 0 aromatic heterocycles. The van der Waals surface area contributed by atoms with Crippen LogP contribution in [0.5, 0.6) is 0 Å². The average Bonchev–Trinajstić information content (AvgIpc) is 2.62. The highest BCUT2D eigenvalue weighted by Crippen LogP contribution is 2.32. The summed E-state index contributed by atoms with van der Waals surface area (Å²) in [4.78, 5) is 0. The first kappa shape index (κ1) is 16.6. The molecule has 3 rings (SSSR count). The van der Waals surface area contributed by atoms with E-state index < -0.39 is 0 Å². The maximum Gasteiger partial charge on any atom is 0.0219 e. The minimum atomic E-state index is -0.295. The number of nitrogens with one attached hydrogen (secondary N) is 1. The third-order valence-corrected chi connectivity index (χ3v) is 7.21. The number of rotatable bonds is 6. The fourth-order valence-corrected chi connectivity index (χ4v) is 5.63. The second-order valence-electron chi connectivity index (χ2n) is 6.33. The van der Waals surface area contributed by atoms with Crippen molar-refractivity contribution in [3.05, 3.63) is 60.7 Å². The van der Waals surface area contributed by atoms with Crippen molar-refractivity contribution >= 4 is 18.5 Å². The Morgan fingerprint density at radius 1 is 0.870 bits per heavy atom. The molecule has 0 spiro atoms. The van der Waals surface area contributed by atoms with Gasteiger partial charge in [0.25, 0.3) is 0 Å². The SMILES string of the molecule is N[C@@H]1CCCC[C@H]1NCCP(c1ccccc1)c1ccccc1. The summed E-state index contributed by atoms with van der Waals surface area (Å²) in [6, 6.07) is 22.7. The predicted molar refractivity (Wildman–Crippen MR) is 102 cm³/mol. The molecule has 1 fully saturated rings. The zero-order valence-electron chi connectivity index (χ0n) is 13.7. The quantitative estimate of drug-likeness (QED) is 0.801. The lowest BCUT2D eigenvalue weighted by Crippen LogP contribution is -2.47. The van der Waals surface area contributed by atoms with Crippen LogP contribution in [-0.4, -0.2) is 24.8 Å². The number of hydrogen-bond donors (Lipinski definition) is 2. The summed E-state index contributed by atoms with van der Waals surface area (Å²) < 4.78 is 0. The Morgan fingerprint density at radius 2 is 1.43 bits per heavy atom. The third kappa shape index (κ3) is 4.64. The van der Waals surface area contributed by atoms with Crippen molar-refractivity contribution in [1.29, 1.82) is 0 Å². The lowest BCUT2D eigenvalue weighted by atomic mass is 9.91. The molecular weight excluding hydrogens is 299 g/mol. The van der Waals surface area contributed by atoms with Gasteiger partial charge in [-0.25, -0.2) is 0 Å². The fourth-order valence-electron chi connectivity index (χ4n) is 3.40. The van der Waals surface area contributed by atoms with Crippen molar-refractivity contribution in [2.75, 3.05) is 12.7 Å². The van der Waals surface area contributed by atoms with Crippen LogP contribution in [0.2, 0.25) is 0 Å². The van der Waals surface area contributed by atoms with Crippen molar-refractivity contribution < 1.29 is 0 Å². The normalized spacial score (nSPS) is 21.5. The Labute approximate surface area is 141 Å². The molecule has 0 amide bonds. The molecule has 2 atom stereocenters. The number of nitrogens with two attached hydrogens (primary N) is 1. The van der Waals surface area contributed by atoms with Gasteiger partial charge in [0.05, 0.1) is 0 Å². The van der Waals surface area contributed by atoms with Crippen LogP contribution < -0.4 is 21.7 Å². The van der Waals surface area contributed by atoms with E-state index in [1.165, 1.54) is 42.5 Å². The van der Waals surface area contributed by atoms with Crippen molar-refractivity contribution in [1.82, 2.24) is 5.32 Å². The summed E-state index contributed by atoms with van der Waals surface area (Å²) in [5.41, 5.74) is 6.26. The highest BCUT2D eigenvalue weighted by Gasteiger charge is 2.21.